The highest BCUT2D eigenvalue weighted by Crippen LogP contribution is 2.64. The molecule has 0 aromatic carbocycles. The fourth-order valence-electron chi connectivity index (χ4n) is 8.53. The van der Waals surface area contributed by atoms with Crippen molar-refractivity contribution in [3.05, 3.63) is 0 Å². The molecule has 9 unspecified atom stereocenters. The Labute approximate surface area is 210 Å². The first kappa shape index (κ1) is 25.4. The lowest BCUT2D eigenvalue weighted by atomic mass is 9.46. The highest BCUT2D eigenvalue weighted by molar-refractivity contribution is 7.86. The first-order chi connectivity index (χ1) is 17.1. The Kier molecular flexibility index (Phi) is 5.37. The number of halogens is 2. The van der Waals surface area contributed by atoms with E-state index in [1.165, 1.54) is 0 Å². The second-order valence-electron chi connectivity index (χ2n) is 12.0. The van der Waals surface area contributed by atoms with Crippen LogP contribution in [-0.2, 0) is 43.4 Å². The molecule has 0 aromatic heterocycles. The number of esters is 3. The molecule has 1 aliphatic heterocycles. The number of hydrogen-bond acceptors (Lipinski definition) is 10. The van der Waals surface area contributed by atoms with E-state index in [2.05, 4.69) is 4.74 Å². The van der Waals surface area contributed by atoms with E-state index >= 15 is 0 Å². The topological polar surface area (TPSA) is 163 Å². The Hall–Kier alpha value is -1.90. The van der Waals surface area contributed by atoms with Gasteiger partial charge in [-0.25, -0.2) is 4.79 Å². The summed E-state index contributed by atoms with van der Waals surface area (Å²) in [5.74, 6) is -2.23. The van der Waals surface area contributed by atoms with Crippen molar-refractivity contribution in [1.29, 1.82) is 0 Å². The molecule has 6 aliphatic carbocycles. The van der Waals surface area contributed by atoms with Gasteiger partial charge < -0.3 is 24.1 Å². The highest BCUT2D eigenvalue weighted by atomic mass is 32.2. The second-order valence-corrected chi connectivity index (χ2v) is 13.6. The molecule has 0 amide bonds. The zero-order valence-electron chi connectivity index (χ0n) is 19.8. The third-order valence-corrected chi connectivity index (χ3v) is 10.2. The molecule has 6 saturated carbocycles. The summed E-state index contributed by atoms with van der Waals surface area (Å²) in [4.78, 5) is 37.6. The van der Waals surface area contributed by atoms with Gasteiger partial charge in [-0.2, -0.15) is 17.2 Å². The summed E-state index contributed by atoms with van der Waals surface area (Å²) in [5.41, 5.74) is -3.84. The molecule has 1 heterocycles. The molecule has 11 nitrogen and oxygen atoms in total. The van der Waals surface area contributed by atoms with Crippen LogP contribution in [0.5, 0.6) is 0 Å². The minimum Gasteiger partial charge on any atom is -0.458 e. The van der Waals surface area contributed by atoms with E-state index in [9.17, 15) is 36.7 Å². The van der Waals surface area contributed by atoms with Crippen LogP contribution in [0.2, 0.25) is 0 Å². The van der Waals surface area contributed by atoms with E-state index in [0.29, 0.717) is 19.3 Å². The molecule has 9 atom stereocenters. The van der Waals surface area contributed by atoms with E-state index in [1.807, 2.05) is 0 Å². The number of rotatable bonds is 8. The Morgan fingerprint density at radius 3 is 2.59 bits per heavy atom. The highest BCUT2D eigenvalue weighted by Gasteiger charge is 2.67. The van der Waals surface area contributed by atoms with Crippen LogP contribution in [0.15, 0.2) is 0 Å². The van der Waals surface area contributed by atoms with Crippen molar-refractivity contribution in [2.75, 3.05) is 13.2 Å². The van der Waals surface area contributed by atoms with Crippen molar-refractivity contribution >= 4 is 28.0 Å². The molecule has 37 heavy (non-hydrogen) atoms. The molecule has 7 aliphatic rings. The Balaban J connectivity index is 1.12. The smallest absolute Gasteiger partial charge is 0.402 e. The van der Waals surface area contributed by atoms with Gasteiger partial charge in [0, 0.05) is 18.3 Å². The van der Waals surface area contributed by atoms with E-state index in [4.69, 9.17) is 18.8 Å². The van der Waals surface area contributed by atoms with Gasteiger partial charge in [0.1, 0.15) is 18.8 Å². The van der Waals surface area contributed by atoms with Gasteiger partial charge in [0.25, 0.3) is 0 Å². The minimum absolute atomic E-state index is 0.00157. The van der Waals surface area contributed by atoms with Crippen molar-refractivity contribution < 1.29 is 60.2 Å². The van der Waals surface area contributed by atoms with Crippen LogP contribution in [-0.4, -0.2) is 77.9 Å². The van der Waals surface area contributed by atoms with Crippen molar-refractivity contribution in [3.8, 4) is 0 Å². The number of carbonyl (C=O) groups excluding carboxylic acids is 3. The fourth-order valence-corrected chi connectivity index (χ4v) is 8.74. The van der Waals surface area contributed by atoms with Crippen LogP contribution < -0.4 is 0 Å². The van der Waals surface area contributed by atoms with Crippen molar-refractivity contribution in [2.45, 2.75) is 80.0 Å². The normalized spacial score (nSPS) is 45.2. The number of fused-ring (bicyclic) bond motifs is 1. The van der Waals surface area contributed by atoms with Gasteiger partial charge in [0.05, 0.1) is 22.5 Å². The number of alkyl halides is 2. The van der Waals surface area contributed by atoms with Gasteiger partial charge in [0.2, 0.25) is 0 Å². The summed E-state index contributed by atoms with van der Waals surface area (Å²) in [6.45, 7) is -2.32. The SMILES string of the molecule is O=C(COC12CC3CC(O)(C1)CC(C(=O)OCC(F)(F)S(=O)(=O)O)(C3)C2)OC1C2CC3C(=O)OC1C3C2. The van der Waals surface area contributed by atoms with Crippen LogP contribution in [0.4, 0.5) is 8.78 Å². The monoisotopic (exact) mass is 550 g/mol. The Morgan fingerprint density at radius 1 is 1.14 bits per heavy atom. The fraction of sp³-hybridized carbons (Fsp3) is 0.870. The summed E-state index contributed by atoms with van der Waals surface area (Å²) >= 11 is 0. The molecule has 0 aromatic rings. The largest absolute Gasteiger partial charge is 0.458 e. The van der Waals surface area contributed by atoms with Crippen molar-refractivity contribution in [1.82, 2.24) is 0 Å². The minimum atomic E-state index is -5.78. The quantitative estimate of drug-likeness (QED) is 0.252. The van der Waals surface area contributed by atoms with Crippen LogP contribution in [0.25, 0.3) is 0 Å². The number of aliphatic hydroxyl groups is 1. The molecule has 1 saturated heterocycles. The molecule has 206 valence electrons. The van der Waals surface area contributed by atoms with Crippen molar-refractivity contribution in [2.24, 2.45) is 29.1 Å². The Bertz CT molecular complexity index is 1160. The van der Waals surface area contributed by atoms with Gasteiger partial charge >= 0.3 is 33.3 Å². The lowest BCUT2D eigenvalue weighted by molar-refractivity contribution is -0.253. The van der Waals surface area contributed by atoms with Gasteiger partial charge in [-0.1, -0.05) is 0 Å². The number of ether oxygens (including phenoxy) is 4. The first-order valence-electron chi connectivity index (χ1n) is 12.4. The maximum Gasteiger partial charge on any atom is 0.402 e. The maximum atomic E-state index is 13.7. The van der Waals surface area contributed by atoms with Gasteiger partial charge in [-0.3, -0.25) is 14.1 Å². The van der Waals surface area contributed by atoms with Gasteiger partial charge in [0.15, 0.2) is 6.61 Å². The van der Waals surface area contributed by atoms with E-state index < -0.39 is 69.4 Å². The molecule has 7 rings (SSSR count). The third kappa shape index (κ3) is 3.97. The van der Waals surface area contributed by atoms with Crippen LogP contribution in [0.3, 0.4) is 0 Å². The van der Waals surface area contributed by atoms with E-state index in [0.717, 1.165) is 6.42 Å². The van der Waals surface area contributed by atoms with E-state index in [-0.39, 0.29) is 55.3 Å². The number of carbonyl (C=O) groups is 3. The summed E-state index contributed by atoms with van der Waals surface area (Å²) in [7, 11) is -5.78. The van der Waals surface area contributed by atoms with Crippen LogP contribution in [0, 0.1) is 29.1 Å². The first-order valence-corrected chi connectivity index (χ1v) is 13.9. The summed E-state index contributed by atoms with van der Waals surface area (Å²) in [6, 6.07) is 0. The molecule has 6 bridgehead atoms. The summed E-state index contributed by atoms with van der Waals surface area (Å²) in [6.07, 6.45) is 1.52. The molecule has 2 N–H and O–H groups in total. The molecular formula is C23H28F2O11S. The molecule has 14 heteroatoms. The maximum absolute atomic E-state index is 13.7. The molecular weight excluding hydrogens is 522 g/mol. The second kappa shape index (κ2) is 7.82. The standard InChI is InChI=1S/C23H28F2O11S/c24-23(25,37(30,31)32)10-33-19(28)20-3-11-4-21(29,7-20)9-22(5-11,8-20)34-6-15(26)35-16-12-1-13-14(2-12)18(27)36-17(13)16/h11-14,16-17,29H,1-10H2,(H,30,31,32). The van der Waals surface area contributed by atoms with E-state index in [1.54, 1.807) is 0 Å². The predicted octanol–water partition coefficient (Wildman–Crippen LogP) is 0.974. The number of hydrogen-bond donors (Lipinski definition) is 2. The average molecular weight is 551 g/mol. The predicted molar refractivity (Wildman–Crippen MR) is 114 cm³/mol. The summed E-state index contributed by atoms with van der Waals surface area (Å²) in [5, 5.41) is 6.49. The van der Waals surface area contributed by atoms with Crippen molar-refractivity contribution in [3.63, 3.8) is 0 Å². The van der Waals surface area contributed by atoms with Crippen LogP contribution in [0.1, 0.15) is 51.4 Å². The third-order valence-electron chi connectivity index (χ3n) is 9.35. The zero-order chi connectivity index (χ0) is 26.6. The molecule has 0 spiro atoms. The van der Waals surface area contributed by atoms with Crippen LogP contribution >= 0.6 is 0 Å². The lowest BCUT2D eigenvalue weighted by Crippen LogP contribution is -2.66. The zero-order valence-corrected chi connectivity index (χ0v) is 20.6. The molecule has 7 fully saturated rings. The molecule has 0 radical (unpaired) electrons. The Morgan fingerprint density at radius 2 is 1.89 bits per heavy atom. The van der Waals surface area contributed by atoms with Gasteiger partial charge in [-0.15, -0.1) is 0 Å². The van der Waals surface area contributed by atoms with Gasteiger partial charge in [-0.05, 0) is 50.9 Å². The average Bonchev–Trinajstić information content (AvgIpc) is 3.39. The lowest BCUT2D eigenvalue weighted by Gasteiger charge is -2.63. The summed E-state index contributed by atoms with van der Waals surface area (Å²) < 4.78 is 79.4.